The molecule has 1 saturated heterocycles. The van der Waals surface area contributed by atoms with Crippen LogP contribution in [-0.2, 0) is 4.74 Å². The molecule has 5 nitrogen and oxygen atoms in total. The molecule has 0 radical (unpaired) electrons. The molecule has 0 atom stereocenters. The molecule has 34 heavy (non-hydrogen) atoms. The molecule has 2 fully saturated rings. The van der Waals surface area contributed by atoms with Gasteiger partial charge in [-0.15, -0.1) is 11.3 Å². The van der Waals surface area contributed by atoms with Gasteiger partial charge in [0.25, 0.3) is 0 Å². The first-order valence-corrected chi connectivity index (χ1v) is 16.7. The van der Waals surface area contributed by atoms with Crippen LogP contribution in [-0.4, -0.2) is 59.7 Å². The highest BCUT2D eigenvalue weighted by atomic mass is 32.1. The van der Waals surface area contributed by atoms with E-state index in [2.05, 4.69) is 68.4 Å². The maximum atomic E-state index is 5.56. The molecule has 0 unspecified atom stereocenters. The predicted octanol–water partition coefficient (Wildman–Crippen LogP) is 6.68. The molecule has 0 N–H and O–H groups in total. The summed E-state index contributed by atoms with van der Waals surface area (Å²) in [7, 11) is -1.82. The van der Waals surface area contributed by atoms with Crippen molar-refractivity contribution < 1.29 is 4.74 Å². The second-order valence-electron chi connectivity index (χ2n) is 11.8. The van der Waals surface area contributed by atoms with Crippen molar-refractivity contribution in [2.45, 2.75) is 83.5 Å². The number of aryl methyl sites for hydroxylation is 1. The fourth-order valence-electron chi connectivity index (χ4n) is 5.50. The van der Waals surface area contributed by atoms with Gasteiger partial charge in [-0.3, -0.25) is 4.90 Å². The van der Waals surface area contributed by atoms with Crippen molar-refractivity contribution in [3.05, 3.63) is 35.1 Å². The molecule has 1 saturated carbocycles. The van der Waals surface area contributed by atoms with Gasteiger partial charge in [0.15, 0.2) is 8.24 Å². The lowest BCUT2D eigenvalue weighted by Crippen LogP contribution is -2.45. The molecule has 0 amide bonds. The molecule has 184 valence electrons. The van der Waals surface area contributed by atoms with Crippen LogP contribution in [0.2, 0.25) is 18.1 Å². The van der Waals surface area contributed by atoms with E-state index in [0.29, 0.717) is 5.92 Å². The number of thiazole rings is 1. The van der Waals surface area contributed by atoms with E-state index in [0.717, 1.165) is 43.0 Å². The number of aromatic nitrogens is 3. The van der Waals surface area contributed by atoms with E-state index in [1.165, 1.54) is 47.1 Å². The Bertz CT molecular complexity index is 1150. The first kappa shape index (κ1) is 24.2. The summed E-state index contributed by atoms with van der Waals surface area (Å²) in [6, 6.07) is 3.18. The average Bonchev–Trinajstić information content (AvgIpc) is 3.42. The third-order valence-corrected chi connectivity index (χ3v) is 14.8. The quantitative estimate of drug-likeness (QED) is 0.378. The maximum Gasteiger partial charge on any atom is 0.163 e. The molecular formula is C27H40N4OSSi. The van der Waals surface area contributed by atoms with E-state index < -0.39 is 8.24 Å². The van der Waals surface area contributed by atoms with Crippen LogP contribution in [0.1, 0.15) is 62.8 Å². The molecule has 5 rings (SSSR count). The van der Waals surface area contributed by atoms with Crippen molar-refractivity contribution in [3.8, 4) is 10.6 Å². The second kappa shape index (κ2) is 9.15. The van der Waals surface area contributed by atoms with Crippen molar-refractivity contribution >= 4 is 30.6 Å². The fraction of sp³-hybridized carbons (Fsp3) is 0.630. The lowest BCUT2D eigenvalue weighted by Gasteiger charge is -2.39. The first-order valence-electron chi connectivity index (χ1n) is 12.9. The minimum Gasteiger partial charge on any atom is -0.379 e. The Labute approximate surface area is 209 Å². The van der Waals surface area contributed by atoms with Gasteiger partial charge in [0.05, 0.1) is 13.2 Å². The topological polar surface area (TPSA) is 43.2 Å². The molecule has 4 heterocycles. The van der Waals surface area contributed by atoms with Crippen molar-refractivity contribution in [2.75, 3.05) is 26.3 Å². The Morgan fingerprint density at radius 1 is 1.03 bits per heavy atom. The fourth-order valence-corrected chi connectivity index (χ4v) is 8.17. The third kappa shape index (κ3) is 4.40. The van der Waals surface area contributed by atoms with Gasteiger partial charge in [0.1, 0.15) is 10.7 Å². The van der Waals surface area contributed by atoms with Gasteiger partial charge < -0.3 is 8.97 Å². The number of rotatable bonds is 4. The molecule has 7 heteroatoms. The zero-order chi connectivity index (χ0) is 24.1. The Hall–Kier alpha value is -1.54. The van der Waals surface area contributed by atoms with E-state index in [1.54, 1.807) is 11.3 Å². The highest BCUT2D eigenvalue weighted by molar-refractivity contribution is 7.15. The van der Waals surface area contributed by atoms with Crippen molar-refractivity contribution in [1.82, 2.24) is 19.1 Å². The van der Waals surface area contributed by atoms with Crippen LogP contribution in [0, 0.1) is 6.92 Å². The molecule has 3 aromatic rings. The monoisotopic (exact) mass is 496 g/mol. The van der Waals surface area contributed by atoms with Gasteiger partial charge in [-0.05, 0) is 55.2 Å². The van der Waals surface area contributed by atoms with Gasteiger partial charge in [-0.25, -0.2) is 9.97 Å². The molecule has 1 aliphatic carbocycles. The van der Waals surface area contributed by atoms with Crippen LogP contribution in [0.15, 0.2) is 24.7 Å². The summed E-state index contributed by atoms with van der Waals surface area (Å²) >= 11 is 1.79. The highest BCUT2D eigenvalue weighted by Gasteiger charge is 2.39. The highest BCUT2D eigenvalue weighted by Crippen LogP contribution is 2.43. The summed E-state index contributed by atoms with van der Waals surface area (Å²) in [6.45, 7) is 18.2. The van der Waals surface area contributed by atoms with Crippen LogP contribution in [0.25, 0.3) is 21.6 Å². The maximum absolute atomic E-state index is 5.56. The van der Waals surface area contributed by atoms with E-state index in [-0.39, 0.29) is 5.04 Å². The molecule has 0 spiro atoms. The summed E-state index contributed by atoms with van der Waals surface area (Å²) in [6.07, 6.45) is 11.6. The minimum atomic E-state index is -1.82. The molecule has 3 aromatic heterocycles. The van der Waals surface area contributed by atoms with Crippen LogP contribution >= 0.6 is 11.3 Å². The number of hydrogen-bond donors (Lipinski definition) is 0. The summed E-state index contributed by atoms with van der Waals surface area (Å²) < 4.78 is 8.10. The van der Waals surface area contributed by atoms with Crippen LogP contribution in [0.3, 0.4) is 0 Å². The van der Waals surface area contributed by atoms with E-state index in [9.17, 15) is 0 Å². The lowest BCUT2D eigenvalue weighted by atomic mass is 9.81. The first-order chi connectivity index (χ1) is 16.1. The van der Waals surface area contributed by atoms with E-state index in [1.807, 2.05) is 6.20 Å². The summed E-state index contributed by atoms with van der Waals surface area (Å²) in [5.74, 6) is 0.608. The third-order valence-electron chi connectivity index (χ3n) is 8.68. The zero-order valence-corrected chi connectivity index (χ0v) is 23.5. The molecular weight excluding hydrogens is 456 g/mol. The van der Waals surface area contributed by atoms with Gasteiger partial charge in [-0.1, -0.05) is 33.9 Å². The van der Waals surface area contributed by atoms with Gasteiger partial charge in [0, 0.05) is 53.5 Å². The van der Waals surface area contributed by atoms with E-state index >= 15 is 0 Å². The standard InChI is InChI=1S/C27H40N4OSSi/c1-19-16-29-26(33-19)24-18-31(34(5,6)27(2,3)4)25-23(24)15-21(17-28-25)20-7-9-22(10-8-20)30-11-13-32-14-12-30/h15-18,20,22H,7-14H2,1-6H3/t20-,22-. The van der Waals surface area contributed by atoms with Crippen molar-refractivity contribution in [2.24, 2.45) is 0 Å². The summed E-state index contributed by atoms with van der Waals surface area (Å²) in [5, 5.41) is 2.63. The Morgan fingerprint density at radius 2 is 1.74 bits per heavy atom. The zero-order valence-electron chi connectivity index (χ0n) is 21.7. The Kier molecular flexibility index (Phi) is 6.51. The van der Waals surface area contributed by atoms with Crippen LogP contribution < -0.4 is 0 Å². The molecule has 0 aromatic carbocycles. The summed E-state index contributed by atoms with van der Waals surface area (Å²) in [5.41, 5.74) is 3.81. The lowest BCUT2D eigenvalue weighted by molar-refractivity contribution is 0.00729. The van der Waals surface area contributed by atoms with Gasteiger partial charge >= 0.3 is 0 Å². The predicted molar refractivity (Wildman–Crippen MR) is 146 cm³/mol. The van der Waals surface area contributed by atoms with Crippen LogP contribution in [0.5, 0.6) is 0 Å². The van der Waals surface area contributed by atoms with Crippen LogP contribution in [0.4, 0.5) is 0 Å². The summed E-state index contributed by atoms with van der Waals surface area (Å²) in [4.78, 5) is 13.8. The number of hydrogen-bond acceptors (Lipinski definition) is 5. The molecule has 1 aliphatic heterocycles. The SMILES string of the molecule is Cc1cnc(-c2cn([Si](C)(C)C(C)(C)C)c3ncc([C@H]4CC[C@H](N5CCOCC5)CC4)cc23)s1. The Balaban J connectivity index is 1.48. The van der Waals surface area contributed by atoms with Gasteiger partial charge in [0.2, 0.25) is 0 Å². The van der Waals surface area contributed by atoms with Crippen molar-refractivity contribution in [1.29, 1.82) is 0 Å². The van der Waals surface area contributed by atoms with Gasteiger partial charge in [-0.2, -0.15) is 0 Å². The molecule has 2 aliphatic rings. The average molecular weight is 497 g/mol. The molecule has 0 bridgehead atoms. The Morgan fingerprint density at radius 3 is 2.35 bits per heavy atom. The number of morpholine rings is 1. The number of nitrogens with zero attached hydrogens (tertiary/aromatic N) is 4. The minimum absolute atomic E-state index is 0.229. The normalized spacial score (nSPS) is 23.0. The largest absolute Gasteiger partial charge is 0.379 e. The van der Waals surface area contributed by atoms with Crippen molar-refractivity contribution in [3.63, 3.8) is 0 Å². The smallest absolute Gasteiger partial charge is 0.163 e. The number of ether oxygens (including phenoxy) is 1. The number of pyridine rings is 1. The van der Waals surface area contributed by atoms with E-state index in [4.69, 9.17) is 14.7 Å². The number of fused-ring (bicyclic) bond motifs is 1. The second-order valence-corrected chi connectivity index (χ2v) is 18.1.